The largest absolute Gasteiger partial charge is 0.378 e. The van der Waals surface area contributed by atoms with Crippen molar-refractivity contribution in [1.29, 1.82) is 0 Å². The van der Waals surface area contributed by atoms with E-state index in [2.05, 4.69) is 15.2 Å². The summed E-state index contributed by atoms with van der Waals surface area (Å²) < 4.78 is 28.5. The zero-order valence-corrected chi connectivity index (χ0v) is 17.8. The molecule has 1 aliphatic heterocycles. The van der Waals surface area contributed by atoms with Crippen molar-refractivity contribution in [1.82, 2.24) is 10.2 Å². The number of hydrogen-bond acceptors (Lipinski definition) is 4. The van der Waals surface area contributed by atoms with E-state index >= 15 is 0 Å². The molecule has 1 aromatic rings. The van der Waals surface area contributed by atoms with Gasteiger partial charge in [0.15, 0.2) is 5.96 Å². The van der Waals surface area contributed by atoms with E-state index in [0.717, 1.165) is 44.1 Å². The Balaban J connectivity index is 0.00000312. The van der Waals surface area contributed by atoms with Crippen LogP contribution in [-0.4, -0.2) is 52.1 Å². The van der Waals surface area contributed by atoms with Crippen LogP contribution in [0.5, 0.6) is 0 Å². The summed E-state index contributed by atoms with van der Waals surface area (Å²) in [4.78, 5) is 6.63. The van der Waals surface area contributed by atoms with Crippen molar-refractivity contribution in [2.45, 2.75) is 37.3 Å². The molecule has 2 rings (SSSR count). The molecular weight excluding hydrogens is 455 g/mol. The topological polar surface area (TPSA) is 97.0 Å². The minimum Gasteiger partial charge on any atom is -0.378 e. The number of likely N-dealkylation sites (tertiary alicyclic amines) is 1. The summed E-state index contributed by atoms with van der Waals surface area (Å²) in [6.45, 7) is 5.03. The molecular formula is C16H27IN4O3S. The Hall–Kier alpha value is -0.910. The van der Waals surface area contributed by atoms with Gasteiger partial charge in [0.05, 0.1) is 11.0 Å². The SMILES string of the molecule is CCOC1CCN(C(=NC)NCc2cccc(S(N)(=O)=O)c2)CC1.I. The molecule has 7 nitrogen and oxygen atoms in total. The third-order valence-electron chi connectivity index (χ3n) is 4.03. The predicted octanol–water partition coefficient (Wildman–Crippen LogP) is 1.53. The molecule has 1 heterocycles. The molecule has 0 radical (unpaired) electrons. The molecule has 1 aromatic carbocycles. The average Bonchev–Trinajstić information content (AvgIpc) is 2.56. The summed E-state index contributed by atoms with van der Waals surface area (Å²) >= 11 is 0. The predicted molar refractivity (Wildman–Crippen MR) is 110 cm³/mol. The van der Waals surface area contributed by atoms with E-state index in [1.807, 2.05) is 13.0 Å². The Morgan fingerprint density at radius 2 is 2.08 bits per heavy atom. The van der Waals surface area contributed by atoms with Crippen LogP contribution in [0, 0.1) is 0 Å². The highest BCUT2D eigenvalue weighted by molar-refractivity contribution is 14.0. The molecule has 0 amide bonds. The summed E-state index contributed by atoms with van der Waals surface area (Å²) in [5.74, 6) is 0.811. The molecule has 1 saturated heterocycles. The first-order chi connectivity index (χ1) is 11.4. The van der Waals surface area contributed by atoms with Crippen LogP contribution in [-0.2, 0) is 21.3 Å². The monoisotopic (exact) mass is 482 g/mol. The van der Waals surface area contributed by atoms with Gasteiger partial charge in [-0.1, -0.05) is 12.1 Å². The van der Waals surface area contributed by atoms with E-state index in [0.29, 0.717) is 12.6 Å². The fourth-order valence-corrected chi connectivity index (χ4v) is 3.40. The molecule has 0 atom stereocenters. The lowest BCUT2D eigenvalue weighted by molar-refractivity contribution is 0.0263. The number of piperidine rings is 1. The summed E-state index contributed by atoms with van der Waals surface area (Å²) in [7, 11) is -1.94. The number of ether oxygens (including phenoxy) is 1. The molecule has 25 heavy (non-hydrogen) atoms. The lowest BCUT2D eigenvalue weighted by atomic mass is 10.1. The van der Waals surface area contributed by atoms with Crippen LogP contribution < -0.4 is 10.5 Å². The first-order valence-corrected chi connectivity index (χ1v) is 9.67. The lowest BCUT2D eigenvalue weighted by Crippen LogP contribution is -2.46. The number of nitrogens with two attached hydrogens (primary N) is 1. The maximum absolute atomic E-state index is 11.4. The highest BCUT2D eigenvalue weighted by atomic mass is 127. The average molecular weight is 482 g/mol. The first kappa shape index (κ1) is 22.1. The molecule has 1 fully saturated rings. The van der Waals surface area contributed by atoms with Gasteiger partial charge in [0.2, 0.25) is 10.0 Å². The smallest absolute Gasteiger partial charge is 0.238 e. The second kappa shape index (κ2) is 10.3. The first-order valence-electron chi connectivity index (χ1n) is 8.13. The van der Waals surface area contributed by atoms with Crippen molar-refractivity contribution in [3.8, 4) is 0 Å². The number of primary sulfonamides is 1. The standard InChI is InChI=1S/C16H26N4O3S.HI/c1-3-23-14-7-9-20(10-8-14)16(18-2)19-12-13-5-4-6-15(11-13)24(17,21)22;/h4-6,11,14H,3,7-10,12H2,1-2H3,(H,18,19)(H2,17,21,22);1H. The number of sulfonamides is 1. The van der Waals surface area contributed by atoms with Gasteiger partial charge in [0.25, 0.3) is 0 Å². The van der Waals surface area contributed by atoms with E-state index in [9.17, 15) is 8.42 Å². The lowest BCUT2D eigenvalue weighted by Gasteiger charge is -2.34. The third-order valence-corrected chi connectivity index (χ3v) is 4.94. The number of hydrogen-bond donors (Lipinski definition) is 2. The Kier molecular flexibility index (Phi) is 9.11. The van der Waals surface area contributed by atoms with Gasteiger partial charge in [-0.05, 0) is 37.5 Å². The molecule has 0 spiro atoms. The fraction of sp³-hybridized carbons (Fsp3) is 0.562. The number of halogens is 1. The number of aliphatic imine (C=N–C) groups is 1. The number of nitrogens with one attached hydrogen (secondary N) is 1. The van der Waals surface area contributed by atoms with Gasteiger partial charge < -0.3 is 15.0 Å². The highest BCUT2D eigenvalue weighted by Crippen LogP contribution is 2.14. The van der Waals surface area contributed by atoms with Crippen molar-refractivity contribution in [2.75, 3.05) is 26.7 Å². The Morgan fingerprint density at radius 3 is 2.64 bits per heavy atom. The van der Waals surface area contributed by atoms with Crippen LogP contribution in [0.15, 0.2) is 34.2 Å². The molecule has 0 bridgehead atoms. The van der Waals surface area contributed by atoms with Gasteiger partial charge in [0.1, 0.15) is 0 Å². The zero-order chi connectivity index (χ0) is 17.6. The maximum Gasteiger partial charge on any atom is 0.238 e. The molecule has 0 aliphatic carbocycles. The van der Waals surface area contributed by atoms with Gasteiger partial charge in [0, 0.05) is 33.3 Å². The Bertz CT molecular complexity index is 674. The van der Waals surface area contributed by atoms with Gasteiger partial charge in [-0.15, -0.1) is 24.0 Å². The van der Waals surface area contributed by atoms with E-state index < -0.39 is 10.0 Å². The van der Waals surface area contributed by atoms with Crippen molar-refractivity contribution < 1.29 is 13.2 Å². The quantitative estimate of drug-likeness (QED) is 0.377. The Labute approximate surface area is 167 Å². The van der Waals surface area contributed by atoms with Crippen LogP contribution >= 0.6 is 24.0 Å². The summed E-state index contributed by atoms with van der Waals surface area (Å²) in [6, 6.07) is 6.62. The van der Waals surface area contributed by atoms with Crippen molar-refractivity contribution in [3.05, 3.63) is 29.8 Å². The molecule has 0 unspecified atom stereocenters. The summed E-state index contributed by atoms with van der Waals surface area (Å²) in [6.07, 6.45) is 2.29. The van der Waals surface area contributed by atoms with E-state index in [-0.39, 0.29) is 28.9 Å². The zero-order valence-electron chi connectivity index (χ0n) is 14.6. The molecule has 142 valence electrons. The minimum absolute atomic E-state index is 0. The second-order valence-corrected chi connectivity index (χ2v) is 7.30. The third kappa shape index (κ3) is 6.72. The maximum atomic E-state index is 11.4. The van der Waals surface area contributed by atoms with Crippen LogP contribution in [0.4, 0.5) is 0 Å². The molecule has 0 saturated carbocycles. The van der Waals surface area contributed by atoms with Crippen LogP contribution in [0.25, 0.3) is 0 Å². The molecule has 9 heteroatoms. The van der Waals surface area contributed by atoms with Crippen molar-refractivity contribution in [2.24, 2.45) is 10.1 Å². The normalized spacial score (nSPS) is 16.4. The summed E-state index contributed by atoms with van der Waals surface area (Å²) in [5, 5.41) is 8.45. The fourth-order valence-electron chi connectivity index (χ4n) is 2.82. The number of rotatable bonds is 5. The highest BCUT2D eigenvalue weighted by Gasteiger charge is 2.21. The Morgan fingerprint density at radius 1 is 1.40 bits per heavy atom. The number of benzene rings is 1. The molecule has 3 N–H and O–H groups in total. The minimum atomic E-state index is -3.68. The van der Waals surface area contributed by atoms with Gasteiger partial charge in [-0.25, -0.2) is 13.6 Å². The number of guanidine groups is 1. The van der Waals surface area contributed by atoms with Crippen LogP contribution in [0.1, 0.15) is 25.3 Å². The van der Waals surface area contributed by atoms with E-state index in [1.54, 1.807) is 19.2 Å². The van der Waals surface area contributed by atoms with Gasteiger partial charge in [-0.3, -0.25) is 4.99 Å². The molecule has 0 aromatic heterocycles. The van der Waals surface area contributed by atoms with Crippen LogP contribution in [0.2, 0.25) is 0 Å². The molecule has 1 aliphatic rings. The van der Waals surface area contributed by atoms with Gasteiger partial charge >= 0.3 is 0 Å². The van der Waals surface area contributed by atoms with E-state index in [4.69, 9.17) is 9.88 Å². The van der Waals surface area contributed by atoms with E-state index in [1.165, 1.54) is 6.07 Å². The number of nitrogens with zero attached hydrogens (tertiary/aromatic N) is 2. The van der Waals surface area contributed by atoms with Crippen molar-refractivity contribution in [3.63, 3.8) is 0 Å². The van der Waals surface area contributed by atoms with Crippen LogP contribution in [0.3, 0.4) is 0 Å². The second-order valence-electron chi connectivity index (χ2n) is 5.73. The summed E-state index contributed by atoms with van der Waals surface area (Å²) in [5.41, 5.74) is 0.840. The van der Waals surface area contributed by atoms with Gasteiger partial charge in [-0.2, -0.15) is 0 Å². The van der Waals surface area contributed by atoms with Crippen molar-refractivity contribution >= 4 is 40.0 Å².